The van der Waals surface area contributed by atoms with Gasteiger partial charge in [-0.3, -0.25) is 9.78 Å². The minimum atomic E-state index is -0.576. The summed E-state index contributed by atoms with van der Waals surface area (Å²) in [7, 11) is 0. The molecule has 21 heavy (non-hydrogen) atoms. The molecule has 2 rings (SSSR count). The quantitative estimate of drug-likeness (QED) is 0.923. The fourth-order valence-corrected chi connectivity index (χ4v) is 1.90. The molecule has 1 amide bonds. The number of halogens is 1. The van der Waals surface area contributed by atoms with Crippen LogP contribution in [0, 0.1) is 6.92 Å². The van der Waals surface area contributed by atoms with Crippen molar-refractivity contribution in [3.63, 3.8) is 0 Å². The number of rotatable bonds is 5. The second-order valence-electron chi connectivity index (χ2n) is 4.74. The second kappa shape index (κ2) is 7.09. The maximum Gasteiger partial charge on any atom is 0.261 e. The molecule has 0 bridgehead atoms. The van der Waals surface area contributed by atoms with Gasteiger partial charge in [-0.1, -0.05) is 11.6 Å². The highest BCUT2D eigenvalue weighted by atomic mass is 35.5. The van der Waals surface area contributed by atoms with E-state index >= 15 is 0 Å². The third kappa shape index (κ3) is 4.46. The minimum Gasteiger partial charge on any atom is -0.481 e. The first kappa shape index (κ1) is 15.3. The number of hydrogen-bond donors (Lipinski definition) is 1. The standard InChI is InChI=1S/C16H17ClN2O2/c1-11-9-14(3-4-15(11)17)21-12(2)16(20)19-10-13-5-7-18-8-6-13/h3-9,12H,10H2,1-2H3,(H,19,20)/t12-/m1/s1. The van der Waals surface area contributed by atoms with E-state index in [9.17, 15) is 4.79 Å². The van der Waals surface area contributed by atoms with Crippen LogP contribution in [0.4, 0.5) is 0 Å². The Kier molecular flexibility index (Phi) is 5.17. The largest absolute Gasteiger partial charge is 0.481 e. The van der Waals surface area contributed by atoms with E-state index in [1.807, 2.05) is 25.1 Å². The lowest BCUT2D eigenvalue weighted by Gasteiger charge is -2.15. The van der Waals surface area contributed by atoms with Crippen LogP contribution in [-0.4, -0.2) is 17.0 Å². The topological polar surface area (TPSA) is 51.2 Å². The molecular formula is C16H17ClN2O2. The number of amides is 1. The van der Waals surface area contributed by atoms with Gasteiger partial charge in [0.15, 0.2) is 6.10 Å². The second-order valence-corrected chi connectivity index (χ2v) is 5.15. The number of aromatic nitrogens is 1. The highest BCUT2D eigenvalue weighted by Crippen LogP contribution is 2.21. The Bertz CT molecular complexity index is 617. The van der Waals surface area contributed by atoms with Gasteiger partial charge in [0.2, 0.25) is 0 Å². The molecule has 1 heterocycles. The van der Waals surface area contributed by atoms with Gasteiger partial charge in [0.05, 0.1) is 0 Å². The highest BCUT2D eigenvalue weighted by molar-refractivity contribution is 6.31. The lowest BCUT2D eigenvalue weighted by molar-refractivity contribution is -0.127. The number of aryl methyl sites for hydroxylation is 1. The Balaban J connectivity index is 1.88. The molecule has 110 valence electrons. The van der Waals surface area contributed by atoms with E-state index in [2.05, 4.69) is 10.3 Å². The van der Waals surface area contributed by atoms with Crippen LogP contribution < -0.4 is 10.1 Å². The van der Waals surface area contributed by atoms with Gasteiger partial charge in [-0.05, 0) is 55.3 Å². The molecule has 0 aliphatic heterocycles. The monoisotopic (exact) mass is 304 g/mol. The summed E-state index contributed by atoms with van der Waals surface area (Å²) < 4.78 is 5.62. The summed E-state index contributed by atoms with van der Waals surface area (Å²) in [5, 5.41) is 3.51. The van der Waals surface area contributed by atoms with Gasteiger partial charge in [0.25, 0.3) is 5.91 Å². The zero-order chi connectivity index (χ0) is 15.2. The average Bonchev–Trinajstić information content (AvgIpc) is 2.49. The Labute approximate surface area is 129 Å². The number of carbonyl (C=O) groups excluding carboxylic acids is 1. The Hall–Kier alpha value is -2.07. The molecule has 1 N–H and O–H groups in total. The van der Waals surface area contributed by atoms with Crippen LogP contribution >= 0.6 is 11.6 Å². The predicted molar refractivity (Wildman–Crippen MR) is 82.4 cm³/mol. The van der Waals surface area contributed by atoms with Crippen molar-refractivity contribution in [3.05, 3.63) is 58.9 Å². The smallest absolute Gasteiger partial charge is 0.261 e. The zero-order valence-electron chi connectivity index (χ0n) is 12.0. The maximum atomic E-state index is 12.0. The molecule has 1 aromatic carbocycles. The third-order valence-corrected chi connectivity index (χ3v) is 3.45. The van der Waals surface area contributed by atoms with Gasteiger partial charge in [0.1, 0.15) is 5.75 Å². The van der Waals surface area contributed by atoms with E-state index in [0.717, 1.165) is 11.1 Å². The summed E-state index contributed by atoms with van der Waals surface area (Å²) in [4.78, 5) is 15.9. The van der Waals surface area contributed by atoms with Gasteiger partial charge in [-0.15, -0.1) is 0 Å². The van der Waals surface area contributed by atoms with E-state index in [1.54, 1.807) is 31.5 Å². The lowest BCUT2D eigenvalue weighted by atomic mass is 10.2. The first-order valence-electron chi connectivity index (χ1n) is 6.65. The van der Waals surface area contributed by atoms with Crippen molar-refractivity contribution in [2.45, 2.75) is 26.5 Å². The van der Waals surface area contributed by atoms with Gasteiger partial charge in [-0.25, -0.2) is 0 Å². The van der Waals surface area contributed by atoms with Crippen molar-refractivity contribution in [3.8, 4) is 5.75 Å². The van der Waals surface area contributed by atoms with Gasteiger partial charge in [0, 0.05) is 24.0 Å². The van der Waals surface area contributed by atoms with E-state index in [1.165, 1.54) is 0 Å². The predicted octanol–water partition coefficient (Wildman–Crippen LogP) is 3.13. The van der Waals surface area contributed by atoms with Gasteiger partial charge >= 0.3 is 0 Å². The molecule has 0 unspecified atom stereocenters. The van der Waals surface area contributed by atoms with Gasteiger partial charge in [-0.2, -0.15) is 0 Å². The zero-order valence-corrected chi connectivity index (χ0v) is 12.7. The van der Waals surface area contributed by atoms with Crippen LogP contribution in [0.1, 0.15) is 18.1 Å². The number of ether oxygens (including phenoxy) is 1. The normalized spacial score (nSPS) is 11.8. The summed E-state index contributed by atoms with van der Waals surface area (Å²) in [6.07, 6.45) is 2.81. The number of pyridine rings is 1. The maximum absolute atomic E-state index is 12.0. The van der Waals surface area contributed by atoms with Crippen molar-refractivity contribution in [2.75, 3.05) is 0 Å². The molecule has 0 fully saturated rings. The van der Waals surface area contributed by atoms with E-state index in [4.69, 9.17) is 16.3 Å². The Morgan fingerprint density at radius 1 is 1.33 bits per heavy atom. The fourth-order valence-electron chi connectivity index (χ4n) is 1.78. The van der Waals surface area contributed by atoms with Crippen LogP contribution in [0.3, 0.4) is 0 Å². The third-order valence-electron chi connectivity index (χ3n) is 3.03. The fraction of sp³-hybridized carbons (Fsp3) is 0.250. The molecule has 0 aliphatic rings. The lowest BCUT2D eigenvalue weighted by Crippen LogP contribution is -2.35. The Morgan fingerprint density at radius 2 is 2.05 bits per heavy atom. The molecule has 5 heteroatoms. The first-order valence-corrected chi connectivity index (χ1v) is 7.03. The summed E-state index contributed by atoms with van der Waals surface area (Å²) >= 11 is 5.96. The highest BCUT2D eigenvalue weighted by Gasteiger charge is 2.14. The van der Waals surface area contributed by atoms with Crippen molar-refractivity contribution >= 4 is 17.5 Å². The van der Waals surface area contributed by atoms with E-state index in [0.29, 0.717) is 17.3 Å². The summed E-state index contributed by atoms with van der Waals surface area (Å²) in [5.41, 5.74) is 1.91. The van der Waals surface area contributed by atoms with Crippen molar-refractivity contribution in [1.29, 1.82) is 0 Å². The molecule has 4 nitrogen and oxygen atoms in total. The summed E-state index contributed by atoms with van der Waals surface area (Å²) in [5.74, 6) is 0.461. The minimum absolute atomic E-state index is 0.167. The average molecular weight is 305 g/mol. The van der Waals surface area contributed by atoms with Crippen LogP contribution in [0.2, 0.25) is 5.02 Å². The van der Waals surface area contributed by atoms with Gasteiger partial charge < -0.3 is 10.1 Å². The molecule has 0 aliphatic carbocycles. The molecule has 0 radical (unpaired) electrons. The van der Waals surface area contributed by atoms with Crippen molar-refractivity contribution < 1.29 is 9.53 Å². The van der Waals surface area contributed by atoms with Crippen LogP contribution in [0.5, 0.6) is 5.75 Å². The van der Waals surface area contributed by atoms with E-state index in [-0.39, 0.29) is 5.91 Å². The molecular weight excluding hydrogens is 288 g/mol. The summed E-state index contributed by atoms with van der Waals surface area (Å²) in [6.45, 7) is 4.06. The number of nitrogens with zero attached hydrogens (tertiary/aromatic N) is 1. The number of carbonyl (C=O) groups is 1. The molecule has 0 saturated heterocycles. The number of benzene rings is 1. The molecule has 0 spiro atoms. The van der Waals surface area contributed by atoms with Crippen LogP contribution in [0.15, 0.2) is 42.7 Å². The molecule has 1 aromatic heterocycles. The first-order chi connectivity index (χ1) is 10.1. The van der Waals surface area contributed by atoms with Crippen LogP contribution in [0.25, 0.3) is 0 Å². The molecule has 1 atom stereocenters. The molecule has 0 saturated carbocycles. The number of hydrogen-bond acceptors (Lipinski definition) is 3. The molecule has 2 aromatic rings. The van der Waals surface area contributed by atoms with Crippen molar-refractivity contribution in [2.24, 2.45) is 0 Å². The van der Waals surface area contributed by atoms with E-state index < -0.39 is 6.10 Å². The van der Waals surface area contributed by atoms with Crippen molar-refractivity contribution in [1.82, 2.24) is 10.3 Å². The summed E-state index contributed by atoms with van der Waals surface area (Å²) in [6, 6.07) is 9.04. The Morgan fingerprint density at radius 3 is 2.71 bits per heavy atom. The van der Waals surface area contributed by atoms with Crippen LogP contribution in [-0.2, 0) is 11.3 Å². The SMILES string of the molecule is Cc1cc(O[C@H](C)C(=O)NCc2ccncc2)ccc1Cl. The number of nitrogens with one attached hydrogen (secondary N) is 1.